The zero-order valence-corrected chi connectivity index (χ0v) is 27.2. The number of hydrogen-bond acceptors (Lipinski definition) is 8. The molecule has 10 heteroatoms. The summed E-state index contributed by atoms with van der Waals surface area (Å²) in [7, 11) is 0. The minimum absolute atomic E-state index is 0.0289. The minimum Gasteiger partial charge on any atom is -0.258 e. The molecular formula is C42H24N6O4. The Labute approximate surface area is 295 Å². The number of hydrogen-bond donors (Lipinski definition) is 0. The zero-order chi connectivity index (χ0) is 35.3. The third-order valence-electron chi connectivity index (χ3n) is 9.24. The number of benzene rings is 5. The Morgan fingerprint density at radius 2 is 0.635 bits per heavy atom. The molecule has 4 heterocycles. The highest BCUT2D eigenvalue weighted by Gasteiger charge is 2.13. The van der Waals surface area contributed by atoms with Gasteiger partial charge >= 0.3 is 0 Å². The summed E-state index contributed by atoms with van der Waals surface area (Å²) in [6.07, 6.45) is 0. The summed E-state index contributed by atoms with van der Waals surface area (Å²) in [5.74, 6) is 0. The molecule has 0 aliphatic carbocycles. The van der Waals surface area contributed by atoms with Crippen LogP contribution in [0.4, 0.5) is 11.4 Å². The van der Waals surface area contributed by atoms with Gasteiger partial charge in [0.2, 0.25) is 0 Å². The molecule has 9 rings (SSSR count). The molecule has 10 nitrogen and oxygen atoms in total. The van der Waals surface area contributed by atoms with Crippen LogP contribution in [0.25, 0.3) is 88.6 Å². The van der Waals surface area contributed by atoms with Gasteiger partial charge in [-0.05, 0) is 54.6 Å². The number of nitrogens with zero attached hydrogens (tertiary/aromatic N) is 6. The highest BCUT2D eigenvalue weighted by Crippen LogP contribution is 2.33. The highest BCUT2D eigenvalue weighted by atomic mass is 16.6. The standard InChI is InChI=1S/C42H24N6O4/c49-47(50)33-16-8-25(9-17-33)35-20-12-27-4-6-29-14-22-37(45-41(29)39(27)43-35)31-2-1-3-32(24-31)38-23-15-30-7-5-28-13-21-36(44-40(28)42(30)46-38)26-10-18-34(19-11-26)48(51)52/h1-24H. The normalized spacial score (nSPS) is 11.4. The van der Waals surface area contributed by atoms with Crippen LogP contribution in [-0.4, -0.2) is 29.8 Å². The second-order valence-corrected chi connectivity index (χ2v) is 12.4. The topological polar surface area (TPSA) is 138 Å². The summed E-state index contributed by atoms with van der Waals surface area (Å²) in [5.41, 5.74) is 9.43. The second kappa shape index (κ2) is 12.1. The van der Waals surface area contributed by atoms with E-state index in [9.17, 15) is 20.2 Å². The molecular weight excluding hydrogens is 652 g/mol. The molecule has 0 aliphatic rings. The predicted octanol–water partition coefficient (Wildman–Crippen LogP) is 10.4. The van der Waals surface area contributed by atoms with Crippen molar-refractivity contribution in [2.24, 2.45) is 0 Å². The summed E-state index contributed by atoms with van der Waals surface area (Å²) < 4.78 is 0. The first-order valence-electron chi connectivity index (χ1n) is 16.4. The maximum Gasteiger partial charge on any atom is 0.269 e. The van der Waals surface area contributed by atoms with Crippen molar-refractivity contribution in [1.82, 2.24) is 19.9 Å². The van der Waals surface area contributed by atoms with Gasteiger partial charge in [0.1, 0.15) is 0 Å². The summed E-state index contributed by atoms with van der Waals surface area (Å²) in [6.45, 7) is 0. The van der Waals surface area contributed by atoms with Crippen LogP contribution in [0.15, 0.2) is 146 Å². The Balaban J connectivity index is 1.10. The first kappa shape index (κ1) is 30.6. The van der Waals surface area contributed by atoms with Gasteiger partial charge in [-0.3, -0.25) is 20.2 Å². The van der Waals surface area contributed by atoms with Gasteiger partial charge in [0, 0.05) is 68.1 Å². The van der Waals surface area contributed by atoms with Crippen LogP contribution >= 0.6 is 0 Å². The van der Waals surface area contributed by atoms with Gasteiger partial charge in [0.05, 0.1) is 54.7 Å². The Morgan fingerprint density at radius 3 is 0.942 bits per heavy atom. The van der Waals surface area contributed by atoms with E-state index < -0.39 is 9.85 Å². The molecule has 4 aromatic heterocycles. The number of nitro benzene ring substituents is 2. The molecule has 0 fully saturated rings. The molecule has 5 aromatic carbocycles. The van der Waals surface area contributed by atoms with Crippen molar-refractivity contribution in [2.45, 2.75) is 0 Å². The average Bonchev–Trinajstić information content (AvgIpc) is 3.20. The van der Waals surface area contributed by atoms with Crippen molar-refractivity contribution in [3.8, 4) is 45.0 Å². The van der Waals surface area contributed by atoms with Crippen molar-refractivity contribution in [3.63, 3.8) is 0 Å². The van der Waals surface area contributed by atoms with Crippen LogP contribution in [0.1, 0.15) is 0 Å². The number of fused-ring (bicyclic) bond motifs is 6. The Morgan fingerprint density at radius 1 is 0.346 bits per heavy atom. The van der Waals surface area contributed by atoms with E-state index in [0.717, 1.165) is 77.3 Å². The first-order valence-corrected chi connectivity index (χ1v) is 16.4. The lowest BCUT2D eigenvalue weighted by Crippen LogP contribution is -1.93. The lowest BCUT2D eigenvalue weighted by Gasteiger charge is -2.10. The fourth-order valence-corrected chi connectivity index (χ4v) is 6.52. The van der Waals surface area contributed by atoms with Crippen LogP contribution in [0.2, 0.25) is 0 Å². The highest BCUT2D eigenvalue weighted by molar-refractivity contribution is 6.05. The lowest BCUT2D eigenvalue weighted by molar-refractivity contribution is -0.385. The molecule has 0 atom stereocenters. The van der Waals surface area contributed by atoms with Crippen molar-refractivity contribution in [3.05, 3.63) is 166 Å². The Kier molecular flexibility index (Phi) is 7.15. The summed E-state index contributed by atoms with van der Waals surface area (Å²) in [6, 6.07) is 44.8. The van der Waals surface area contributed by atoms with Crippen LogP contribution in [0.3, 0.4) is 0 Å². The van der Waals surface area contributed by atoms with Crippen LogP contribution in [0.5, 0.6) is 0 Å². The van der Waals surface area contributed by atoms with Crippen molar-refractivity contribution >= 4 is 55.0 Å². The van der Waals surface area contributed by atoms with Gasteiger partial charge in [-0.1, -0.05) is 66.7 Å². The summed E-state index contributed by atoms with van der Waals surface area (Å²) in [4.78, 5) is 41.6. The number of pyridine rings is 4. The number of rotatable bonds is 6. The maximum atomic E-state index is 11.2. The number of nitro groups is 2. The van der Waals surface area contributed by atoms with E-state index >= 15 is 0 Å². The number of aromatic nitrogens is 4. The van der Waals surface area contributed by atoms with E-state index in [1.54, 1.807) is 24.3 Å². The van der Waals surface area contributed by atoms with Crippen molar-refractivity contribution in [1.29, 1.82) is 0 Å². The third kappa shape index (κ3) is 5.40. The van der Waals surface area contributed by atoms with Crippen LogP contribution < -0.4 is 0 Å². The molecule has 9 aromatic rings. The molecule has 0 amide bonds. The largest absolute Gasteiger partial charge is 0.269 e. The summed E-state index contributed by atoms with van der Waals surface area (Å²) in [5, 5.41) is 26.1. The molecule has 0 N–H and O–H groups in total. The lowest BCUT2D eigenvalue weighted by atomic mass is 10.0. The van der Waals surface area contributed by atoms with Crippen LogP contribution in [-0.2, 0) is 0 Å². The van der Waals surface area contributed by atoms with E-state index in [0.29, 0.717) is 11.4 Å². The summed E-state index contributed by atoms with van der Waals surface area (Å²) >= 11 is 0. The van der Waals surface area contributed by atoms with Gasteiger partial charge in [-0.15, -0.1) is 0 Å². The van der Waals surface area contributed by atoms with E-state index in [1.807, 2.05) is 91.0 Å². The van der Waals surface area contributed by atoms with E-state index in [4.69, 9.17) is 19.9 Å². The molecule has 0 aliphatic heterocycles. The molecule has 0 bridgehead atoms. The smallest absolute Gasteiger partial charge is 0.258 e. The third-order valence-corrected chi connectivity index (χ3v) is 9.24. The quantitative estimate of drug-likeness (QED) is 0.0963. The van der Waals surface area contributed by atoms with Gasteiger partial charge in [-0.2, -0.15) is 0 Å². The van der Waals surface area contributed by atoms with Crippen molar-refractivity contribution < 1.29 is 9.85 Å². The number of non-ortho nitro benzene ring substituents is 2. The van der Waals surface area contributed by atoms with Gasteiger partial charge in [-0.25, -0.2) is 19.9 Å². The van der Waals surface area contributed by atoms with Gasteiger partial charge < -0.3 is 0 Å². The maximum absolute atomic E-state index is 11.2. The predicted molar refractivity (Wildman–Crippen MR) is 203 cm³/mol. The minimum atomic E-state index is -0.415. The SMILES string of the molecule is O=[N+]([O-])c1ccc(-c2ccc3ccc4ccc(-c5cccc(-c6ccc7ccc8ccc(-c9ccc([N+](=O)[O-])cc9)nc8c7n6)c5)nc4c3n2)cc1. The molecule has 52 heavy (non-hydrogen) atoms. The zero-order valence-electron chi connectivity index (χ0n) is 27.2. The molecule has 0 saturated carbocycles. The average molecular weight is 677 g/mol. The molecule has 0 saturated heterocycles. The second-order valence-electron chi connectivity index (χ2n) is 12.4. The van der Waals surface area contributed by atoms with E-state index in [-0.39, 0.29) is 11.4 Å². The fourth-order valence-electron chi connectivity index (χ4n) is 6.52. The van der Waals surface area contributed by atoms with Crippen LogP contribution in [0, 0.1) is 20.2 Å². The molecule has 0 radical (unpaired) electrons. The van der Waals surface area contributed by atoms with E-state index in [1.165, 1.54) is 24.3 Å². The molecule has 246 valence electrons. The fraction of sp³-hybridized carbons (Fsp3) is 0. The van der Waals surface area contributed by atoms with Crippen molar-refractivity contribution in [2.75, 3.05) is 0 Å². The van der Waals surface area contributed by atoms with Gasteiger partial charge in [0.15, 0.2) is 0 Å². The molecule has 0 spiro atoms. The van der Waals surface area contributed by atoms with Gasteiger partial charge in [0.25, 0.3) is 11.4 Å². The monoisotopic (exact) mass is 676 g/mol. The first-order chi connectivity index (χ1) is 25.4. The molecule has 0 unspecified atom stereocenters. The Hall–Kier alpha value is -7.46. The van der Waals surface area contributed by atoms with E-state index in [2.05, 4.69) is 6.07 Å². The Bertz CT molecular complexity index is 2720.